The van der Waals surface area contributed by atoms with Crippen LogP contribution in [0.5, 0.6) is 0 Å². The molecule has 18 heavy (non-hydrogen) atoms. The topological polar surface area (TPSA) is 53.4 Å². The SMILES string of the molecule is Cn1cc(N2CCC(N3CCNCC3)C2=O)cn1. The minimum atomic E-state index is 0.0623. The molecule has 6 heteroatoms. The van der Waals surface area contributed by atoms with Crippen molar-refractivity contribution in [3.63, 3.8) is 0 Å². The fourth-order valence-electron chi connectivity index (χ4n) is 2.80. The number of nitrogens with zero attached hydrogens (tertiary/aromatic N) is 4. The van der Waals surface area contributed by atoms with Crippen molar-refractivity contribution in [3.8, 4) is 0 Å². The van der Waals surface area contributed by atoms with Crippen LogP contribution in [0.4, 0.5) is 5.69 Å². The van der Waals surface area contributed by atoms with Gasteiger partial charge in [0.25, 0.3) is 0 Å². The quantitative estimate of drug-likeness (QED) is 0.763. The van der Waals surface area contributed by atoms with E-state index in [0.29, 0.717) is 0 Å². The van der Waals surface area contributed by atoms with E-state index >= 15 is 0 Å². The van der Waals surface area contributed by atoms with Gasteiger partial charge in [0.15, 0.2) is 0 Å². The van der Waals surface area contributed by atoms with Crippen molar-refractivity contribution in [1.29, 1.82) is 0 Å². The summed E-state index contributed by atoms with van der Waals surface area (Å²) in [7, 11) is 1.87. The zero-order valence-corrected chi connectivity index (χ0v) is 10.7. The molecule has 1 aromatic heterocycles. The molecule has 0 spiro atoms. The molecule has 0 saturated carbocycles. The molecule has 1 unspecified atom stereocenters. The van der Waals surface area contributed by atoms with Crippen molar-refractivity contribution >= 4 is 11.6 Å². The fourth-order valence-corrected chi connectivity index (χ4v) is 2.80. The second-order valence-corrected chi connectivity index (χ2v) is 4.95. The van der Waals surface area contributed by atoms with Gasteiger partial charge in [0.1, 0.15) is 0 Å². The van der Waals surface area contributed by atoms with Crippen LogP contribution >= 0.6 is 0 Å². The molecule has 2 aliphatic rings. The fraction of sp³-hybridized carbons (Fsp3) is 0.667. The minimum Gasteiger partial charge on any atom is -0.314 e. The van der Waals surface area contributed by atoms with Crippen molar-refractivity contribution in [1.82, 2.24) is 20.0 Å². The summed E-state index contributed by atoms with van der Waals surface area (Å²) in [5.74, 6) is 0.227. The molecule has 0 aliphatic carbocycles. The molecule has 1 atom stereocenters. The number of piperazine rings is 1. The summed E-state index contributed by atoms with van der Waals surface area (Å²) in [6, 6.07) is 0.0623. The zero-order valence-electron chi connectivity index (χ0n) is 10.7. The van der Waals surface area contributed by atoms with Gasteiger partial charge in [0.2, 0.25) is 5.91 Å². The van der Waals surface area contributed by atoms with Crippen molar-refractivity contribution in [3.05, 3.63) is 12.4 Å². The molecule has 1 N–H and O–H groups in total. The molecule has 3 heterocycles. The third-order valence-electron chi connectivity index (χ3n) is 3.77. The van der Waals surface area contributed by atoms with Gasteiger partial charge in [-0.15, -0.1) is 0 Å². The Morgan fingerprint density at radius 1 is 1.33 bits per heavy atom. The van der Waals surface area contributed by atoms with Crippen LogP contribution in [0, 0.1) is 0 Å². The first-order chi connectivity index (χ1) is 8.75. The number of aryl methyl sites for hydroxylation is 1. The van der Waals surface area contributed by atoms with E-state index < -0.39 is 0 Å². The summed E-state index contributed by atoms with van der Waals surface area (Å²) >= 11 is 0. The molecule has 98 valence electrons. The lowest BCUT2D eigenvalue weighted by Gasteiger charge is -2.31. The number of aromatic nitrogens is 2. The molecule has 0 aromatic carbocycles. The third kappa shape index (κ3) is 2.02. The van der Waals surface area contributed by atoms with E-state index in [2.05, 4.69) is 15.3 Å². The second-order valence-electron chi connectivity index (χ2n) is 4.95. The predicted molar refractivity (Wildman–Crippen MR) is 68.4 cm³/mol. The van der Waals surface area contributed by atoms with E-state index in [1.54, 1.807) is 10.9 Å². The molecule has 1 aromatic rings. The highest BCUT2D eigenvalue weighted by Gasteiger charge is 2.37. The number of anilines is 1. The smallest absolute Gasteiger partial charge is 0.244 e. The molecule has 2 fully saturated rings. The molecular formula is C12H19N5O. The molecule has 2 aliphatic heterocycles. The van der Waals surface area contributed by atoms with Gasteiger partial charge in [-0.25, -0.2) is 0 Å². The number of rotatable bonds is 2. The zero-order chi connectivity index (χ0) is 12.5. The Morgan fingerprint density at radius 3 is 2.78 bits per heavy atom. The van der Waals surface area contributed by atoms with Crippen molar-refractivity contribution < 1.29 is 4.79 Å². The van der Waals surface area contributed by atoms with E-state index in [1.807, 2.05) is 18.1 Å². The number of carbonyl (C=O) groups is 1. The van der Waals surface area contributed by atoms with E-state index in [9.17, 15) is 4.79 Å². The van der Waals surface area contributed by atoms with Crippen LogP contribution in [0.25, 0.3) is 0 Å². The van der Waals surface area contributed by atoms with Gasteiger partial charge in [0, 0.05) is 46.0 Å². The number of carbonyl (C=O) groups excluding carboxylic acids is 1. The normalized spacial score (nSPS) is 25.9. The second kappa shape index (κ2) is 4.70. The summed E-state index contributed by atoms with van der Waals surface area (Å²) in [6.07, 6.45) is 4.59. The van der Waals surface area contributed by atoms with E-state index in [1.165, 1.54) is 0 Å². The first-order valence-electron chi connectivity index (χ1n) is 6.50. The Morgan fingerprint density at radius 2 is 2.11 bits per heavy atom. The van der Waals surface area contributed by atoms with Crippen LogP contribution in [0.2, 0.25) is 0 Å². The first kappa shape index (κ1) is 11.7. The lowest BCUT2D eigenvalue weighted by Crippen LogP contribution is -2.51. The lowest BCUT2D eigenvalue weighted by molar-refractivity contribution is -0.121. The van der Waals surface area contributed by atoms with E-state index in [0.717, 1.165) is 44.8 Å². The van der Waals surface area contributed by atoms with Gasteiger partial charge in [-0.3, -0.25) is 14.4 Å². The lowest BCUT2D eigenvalue weighted by atomic mass is 10.2. The van der Waals surface area contributed by atoms with Gasteiger partial charge in [-0.1, -0.05) is 0 Å². The van der Waals surface area contributed by atoms with E-state index in [-0.39, 0.29) is 11.9 Å². The molecular weight excluding hydrogens is 230 g/mol. The highest BCUT2D eigenvalue weighted by atomic mass is 16.2. The van der Waals surface area contributed by atoms with Gasteiger partial charge >= 0.3 is 0 Å². The van der Waals surface area contributed by atoms with Crippen LogP contribution in [0.15, 0.2) is 12.4 Å². The Kier molecular flexibility index (Phi) is 3.05. The molecule has 2 saturated heterocycles. The Hall–Kier alpha value is -1.40. The summed E-state index contributed by atoms with van der Waals surface area (Å²) in [6.45, 7) is 4.71. The standard InChI is InChI=1S/C12H19N5O/c1-15-9-10(8-14-15)17-5-2-11(12(17)18)16-6-3-13-4-7-16/h8-9,11,13H,2-7H2,1H3. The van der Waals surface area contributed by atoms with Gasteiger partial charge < -0.3 is 10.2 Å². The van der Waals surface area contributed by atoms with E-state index in [4.69, 9.17) is 0 Å². The van der Waals surface area contributed by atoms with Gasteiger partial charge in [-0.05, 0) is 6.42 Å². The molecule has 6 nitrogen and oxygen atoms in total. The average Bonchev–Trinajstić information content (AvgIpc) is 2.97. The average molecular weight is 249 g/mol. The van der Waals surface area contributed by atoms with Crippen LogP contribution < -0.4 is 10.2 Å². The first-order valence-corrected chi connectivity index (χ1v) is 6.50. The largest absolute Gasteiger partial charge is 0.314 e. The molecule has 0 bridgehead atoms. The molecule has 3 rings (SSSR count). The summed E-state index contributed by atoms with van der Waals surface area (Å²) in [4.78, 5) is 16.6. The van der Waals surface area contributed by atoms with Crippen LogP contribution in [0.1, 0.15) is 6.42 Å². The molecule has 1 amide bonds. The maximum atomic E-state index is 12.4. The van der Waals surface area contributed by atoms with Crippen molar-refractivity contribution in [2.45, 2.75) is 12.5 Å². The highest BCUT2D eigenvalue weighted by molar-refractivity contribution is 5.99. The number of nitrogens with one attached hydrogen (secondary N) is 1. The summed E-state index contributed by atoms with van der Waals surface area (Å²) in [5.41, 5.74) is 0.917. The maximum absolute atomic E-state index is 12.4. The molecule has 0 radical (unpaired) electrons. The number of hydrogen-bond acceptors (Lipinski definition) is 4. The van der Waals surface area contributed by atoms with Gasteiger partial charge in [0.05, 0.1) is 17.9 Å². The predicted octanol–water partition coefficient (Wildman–Crippen LogP) is -0.569. The Bertz CT molecular complexity index is 437. The van der Waals surface area contributed by atoms with Crippen LogP contribution in [-0.4, -0.2) is 59.4 Å². The summed E-state index contributed by atoms with van der Waals surface area (Å²) in [5, 5.41) is 7.45. The van der Waals surface area contributed by atoms with Crippen molar-refractivity contribution in [2.75, 3.05) is 37.6 Å². The number of amides is 1. The maximum Gasteiger partial charge on any atom is 0.244 e. The van der Waals surface area contributed by atoms with Crippen LogP contribution in [-0.2, 0) is 11.8 Å². The number of hydrogen-bond donors (Lipinski definition) is 1. The summed E-state index contributed by atoms with van der Waals surface area (Å²) < 4.78 is 1.74. The monoisotopic (exact) mass is 249 g/mol. The Balaban J connectivity index is 1.72. The van der Waals surface area contributed by atoms with Gasteiger partial charge in [-0.2, -0.15) is 5.10 Å². The minimum absolute atomic E-state index is 0.0623. The Labute approximate surface area is 107 Å². The highest BCUT2D eigenvalue weighted by Crippen LogP contribution is 2.23. The van der Waals surface area contributed by atoms with Crippen LogP contribution in [0.3, 0.4) is 0 Å². The van der Waals surface area contributed by atoms with Crippen molar-refractivity contribution in [2.24, 2.45) is 7.05 Å². The third-order valence-corrected chi connectivity index (χ3v) is 3.77.